The monoisotopic (exact) mass is 421 g/mol. The molecule has 0 nitrogen and oxygen atoms in total. The standard InChI is InChI=1S/C9H7Xe.Yb/c1-3-4-5-9-7-10-6-8(9)2;/h1,3-4,6-7H,2H2;/q-3;+3. The molecule has 0 bridgehead atoms. The van der Waals surface area contributed by atoms with Crippen LogP contribution in [0.4, 0.5) is 0 Å². The molecule has 11 heavy (non-hydrogen) atoms. The van der Waals surface area contributed by atoms with E-state index in [1.807, 2.05) is 0 Å². The second kappa shape index (κ2) is 7.34. The Labute approximate surface area is 131 Å². The fourth-order valence-electron chi connectivity index (χ4n) is 0.540. The molecule has 65 valence electrons. The Morgan fingerprint density at radius 3 is 2.73 bits per heavy atom. The molecule has 1 heterocycles. The summed E-state index contributed by atoms with van der Waals surface area (Å²) in [6, 6.07) is 0. The van der Waals surface area contributed by atoms with Gasteiger partial charge >= 0.3 is 135 Å². The maximum Gasteiger partial charge on any atom is 3.00 e. The van der Waals surface area contributed by atoms with Crippen LogP contribution in [0.5, 0.6) is 0 Å². The first-order valence-electron chi connectivity index (χ1n) is 2.79. The van der Waals surface area contributed by atoms with Gasteiger partial charge in [-0.3, -0.25) is 0 Å². The molecule has 0 N–H and O–H groups in total. The summed E-state index contributed by atoms with van der Waals surface area (Å²) in [5.74, 6) is 0. The van der Waals surface area contributed by atoms with Gasteiger partial charge in [0.1, 0.15) is 0 Å². The molecule has 0 aromatic heterocycles. The molecule has 0 amide bonds. The summed E-state index contributed by atoms with van der Waals surface area (Å²) in [6.07, 6.45) is 6.21. The average Bonchev–Trinajstić information content (AvgIpc) is 2.31. The number of rotatable bonds is 2. The molecule has 1 aliphatic heterocycles. The van der Waals surface area contributed by atoms with Crippen LogP contribution < -0.4 is 0 Å². The minimum atomic E-state index is 0. The van der Waals surface area contributed by atoms with Crippen molar-refractivity contribution in [3.63, 3.8) is 0 Å². The second-order valence-corrected chi connectivity index (χ2v) is 3.60. The summed E-state index contributed by atoms with van der Waals surface area (Å²) >= 11 is 0.275. The van der Waals surface area contributed by atoms with Crippen molar-refractivity contribution in [1.29, 1.82) is 0 Å². The summed E-state index contributed by atoms with van der Waals surface area (Å²) in [4.78, 5) is 0. The van der Waals surface area contributed by atoms with Crippen LogP contribution >= 0.6 is 0 Å². The van der Waals surface area contributed by atoms with E-state index in [2.05, 4.69) is 14.1 Å². The number of allylic oxidation sites excluding steroid dienone is 5. The molecule has 2 heteroatoms. The van der Waals surface area contributed by atoms with Crippen molar-refractivity contribution in [2.24, 2.45) is 0 Å². The molecule has 0 aromatic carbocycles. The van der Waals surface area contributed by atoms with Gasteiger partial charge < -0.3 is 0 Å². The summed E-state index contributed by atoms with van der Waals surface area (Å²) in [7, 11) is 0. The Bertz CT molecular complexity index is 224. The van der Waals surface area contributed by atoms with Crippen LogP contribution in [0.3, 0.4) is 0 Å². The first-order valence-corrected chi connectivity index (χ1v) is 5.12. The minimum absolute atomic E-state index is 0. The first kappa shape index (κ1) is 12.9. The van der Waals surface area contributed by atoms with E-state index in [0.29, 0.717) is 0 Å². The fourth-order valence-corrected chi connectivity index (χ4v) is 2.31. The van der Waals surface area contributed by atoms with Crippen LogP contribution in [-0.2, 0) is 0 Å². The predicted octanol–water partition coefficient (Wildman–Crippen LogP) is 2.04. The van der Waals surface area contributed by atoms with E-state index in [4.69, 9.17) is 6.58 Å². The molecular formula is C9H7XeYb. The third kappa shape index (κ3) is 4.63. The largest absolute Gasteiger partial charge is 3.00 e. The van der Waals surface area contributed by atoms with E-state index in [1.54, 1.807) is 6.08 Å². The topological polar surface area (TPSA) is 0 Å². The Morgan fingerprint density at radius 2 is 2.27 bits per heavy atom. The SMILES string of the molecule is [CH-]=CC=[C-]C1=C[Xe]C=C1[CH2-].[Yb+3]. The van der Waals surface area contributed by atoms with Gasteiger partial charge in [-0.15, -0.1) is 0 Å². The third-order valence-corrected chi connectivity index (χ3v) is 2.98. The van der Waals surface area contributed by atoms with Crippen molar-refractivity contribution in [1.82, 2.24) is 0 Å². The Kier molecular flexibility index (Phi) is 8.62. The molecule has 0 unspecified atom stereocenters. The molecule has 1 aliphatic rings. The normalized spacial score (nSPS) is 16.4. The smallest absolute Gasteiger partial charge is 3.00 e. The summed E-state index contributed by atoms with van der Waals surface area (Å²) < 4.78 is 4.31. The van der Waals surface area contributed by atoms with Gasteiger partial charge in [0.2, 0.25) is 0 Å². The molecule has 0 aromatic rings. The number of hydrogen-bond acceptors (Lipinski definition) is 0. The van der Waals surface area contributed by atoms with Crippen molar-refractivity contribution >= 4 is 0 Å². The predicted molar refractivity (Wildman–Crippen MR) is 38.2 cm³/mol. The first-order chi connectivity index (χ1) is 4.84. The quantitative estimate of drug-likeness (QED) is 0.475. The Balaban J connectivity index is 0.000001000. The molecule has 0 spiro atoms. The van der Waals surface area contributed by atoms with Crippen LogP contribution in [0.2, 0.25) is 0 Å². The van der Waals surface area contributed by atoms with Crippen LogP contribution in [-0.4, -0.2) is 0 Å². The maximum absolute atomic E-state index is 5.15. The van der Waals surface area contributed by atoms with Gasteiger partial charge in [0, 0.05) is 0 Å². The van der Waals surface area contributed by atoms with Gasteiger partial charge in [-0.25, -0.2) is 0 Å². The number of hydrogen-bond donors (Lipinski definition) is 0. The zero-order valence-corrected chi connectivity index (χ0v) is 9.45. The average molecular weight is 419 g/mol. The second-order valence-electron chi connectivity index (χ2n) is 1.76. The van der Waals surface area contributed by atoms with E-state index >= 15 is 0 Å². The maximum atomic E-state index is 5.15. The van der Waals surface area contributed by atoms with Crippen LogP contribution in [0.25, 0.3) is 0 Å². The van der Waals surface area contributed by atoms with E-state index < -0.39 is 0 Å². The minimum Gasteiger partial charge on any atom is 3.00 e. The van der Waals surface area contributed by atoms with Crippen LogP contribution in [0.15, 0.2) is 24.4 Å². The molecule has 0 aliphatic carbocycles. The summed E-state index contributed by atoms with van der Waals surface area (Å²) in [5, 5.41) is 0. The molecule has 1 radical (unpaired) electrons. The van der Waals surface area contributed by atoms with Crippen molar-refractivity contribution in [2.45, 2.75) is 0 Å². The van der Waals surface area contributed by atoms with E-state index in [9.17, 15) is 0 Å². The Hall–Kier alpha value is 1.92. The van der Waals surface area contributed by atoms with E-state index in [-0.39, 0.29) is 91.1 Å². The van der Waals surface area contributed by atoms with Crippen LogP contribution in [0.1, 0.15) is 0 Å². The van der Waals surface area contributed by atoms with Gasteiger partial charge in [-0.05, 0) is 0 Å². The van der Waals surface area contributed by atoms with Gasteiger partial charge in [0.25, 0.3) is 0 Å². The molecule has 0 saturated carbocycles. The van der Waals surface area contributed by atoms with Gasteiger partial charge in [-0.1, -0.05) is 0 Å². The van der Waals surface area contributed by atoms with Crippen molar-refractivity contribution in [3.05, 3.63) is 44.0 Å². The van der Waals surface area contributed by atoms with Crippen molar-refractivity contribution in [2.75, 3.05) is 0 Å². The van der Waals surface area contributed by atoms with Crippen molar-refractivity contribution < 1.29 is 91.1 Å². The molecule has 0 atom stereocenters. The fraction of sp³-hybridized carbons (Fsp3) is 0. The van der Waals surface area contributed by atoms with Crippen molar-refractivity contribution in [3.8, 4) is 0 Å². The van der Waals surface area contributed by atoms with Gasteiger partial charge in [0.15, 0.2) is 0 Å². The Morgan fingerprint density at radius 1 is 1.55 bits per heavy atom. The van der Waals surface area contributed by atoms with Gasteiger partial charge in [-0.2, -0.15) is 0 Å². The zero-order chi connectivity index (χ0) is 7.40. The molecule has 0 saturated heterocycles. The third-order valence-electron chi connectivity index (χ3n) is 1.02. The molecule has 1 rings (SSSR count). The summed E-state index contributed by atoms with van der Waals surface area (Å²) in [5.41, 5.74) is 2.18. The van der Waals surface area contributed by atoms with E-state index in [1.165, 1.54) is 6.08 Å². The van der Waals surface area contributed by atoms with Gasteiger partial charge in [0.05, 0.1) is 0 Å². The molecule has 0 fully saturated rings. The zero-order valence-electron chi connectivity index (χ0n) is 5.71. The molecular weight excluding hydrogens is 412 g/mol. The van der Waals surface area contributed by atoms with Crippen LogP contribution in [0, 0.1) is 111 Å². The van der Waals surface area contributed by atoms with E-state index in [0.717, 1.165) is 11.1 Å². The summed E-state index contributed by atoms with van der Waals surface area (Å²) in [6.45, 7) is 9.00.